The molecule has 108 valence electrons. The molecule has 2 nitrogen and oxygen atoms in total. The van der Waals surface area contributed by atoms with Crippen molar-refractivity contribution in [3.05, 3.63) is 0 Å². The van der Waals surface area contributed by atoms with Crippen LogP contribution in [-0.4, -0.2) is 16.5 Å². The lowest BCUT2D eigenvalue weighted by Crippen LogP contribution is -2.12. The summed E-state index contributed by atoms with van der Waals surface area (Å²) in [7, 11) is 0.532. The largest absolute Gasteiger partial charge is 0.529 e. The van der Waals surface area contributed by atoms with Crippen LogP contribution in [0.15, 0.2) is 0 Å². The Hall–Kier alpha value is -0.313. The molecule has 0 aromatic rings. The Bertz CT molecular complexity index is 215. The first-order valence-corrected chi connectivity index (χ1v) is 8.40. The number of carbonyl (C=O) groups excluding carboxylic acids is 1. The number of rotatable bonds is 11. The second-order valence-electron chi connectivity index (χ2n) is 6.11. The van der Waals surface area contributed by atoms with E-state index >= 15 is 0 Å². The summed E-state index contributed by atoms with van der Waals surface area (Å²) in [6.07, 6.45) is 12.2. The quantitative estimate of drug-likeness (QED) is 0.423. The molecule has 0 saturated carbocycles. The predicted molar refractivity (Wildman–Crippen MR) is 81.7 cm³/mol. The van der Waals surface area contributed by atoms with Crippen molar-refractivity contribution >= 4 is 16.5 Å². The molecule has 0 aromatic carbocycles. The summed E-state index contributed by atoms with van der Waals surface area (Å²) in [6, 6.07) is 0. The molecule has 0 radical (unpaired) electrons. The molecule has 0 atom stereocenters. The van der Waals surface area contributed by atoms with Crippen molar-refractivity contribution < 1.29 is 9.22 Å². The third kappa shape index (κ3) is 10.8. The molecule has 0 heterocycles. The van der Waals surface area contributed by atoms with Crippen molar-refractivity contribution in [3.8, 4) is 0 Å². The highest BCUT2D eigenvalue weighted by molar-refractivity contribution is 6.05. The Balaban J connectivity index is 3.51. The summed E-state index contributed by atoms with van der Waals surface area (Å²) in [5, 5.41) is 0. The van der Waals surface area contributed by atoms with E-state index in [-0.39, 0.29) is 5.97 Å². The van der Waals surface area contributed by atoms with Crippen molar-refractivity contribution in [2.45, 2.75) is 85.0 Å². The van der Waals surface area contributed by atoms with Crippen LogP contribution < -0.4 is 0 Å². The maximum atomic E-state index is 11.1. The predicted octanol–water partition coefficient (Wildman–Crippen LogP) is 3.76. The molecule has 3 heteroatoms. The molecular formula is C15H32O2Si. The van der Waals surface area contributed by atoms with Crippen molar-refractivity contribution in [1.29, 1.82) is 0 Å². The molecule has 0 rings (SSSR count). The first kappa shape index (κ1) is 17.7. The van der Waals surface area contributed by atoms with E-state index < -0.39 is 0 Å². The molecule has 0 unspecified atom stereocenters. The van der Waals surface area contributed by atoms with Gasteiger partial charge in [-0.3, -0.25) is 4.79 Å². The zero-order valence-electron chi connectivity index (χ0n) is 12.9. The van der Waals surface area contributed by atoms with Gasteiger partial charge in [-0.1, -0.05) is 59.3 Å². The topological polar surface area (TPSA) is 26.3 Å². The van der Waals surface area contributed by atoms with Crippen LogP contribution >= 0.6 is 0 Å². The smallest absolute Gasteiger partial charge is 0.291 e. The molecule has 0 aliphatic rings. The summed E-state index contributed by atoms with van der Waals surface area (Å²) in [5.41, 5.74) is 0.385. The number of hydrogen-bond donors (Lipinski definition) is 0. The van der Waals surface area contributed by atoms with E-state index in [0.717, 1.165) is 12.8 Å². The molecule has 0 fully saturated rings. The average Bonchev–Trinajstić information content (AvgIpc) is 2.33. The van der Waals surface area contributed by atoms with Crippen LogP contribution in [0.1, 0.15) is 85.0 Å². The van der Waals surface area contributed by atoms with E-state index in [4.69, 9.17) is 4.43 Å². The first-order chi connectivity index (χ1) is 8.52. The summed E-state index contributed by atoms with van der Waals surface area (Å²) >= 11 is 0. The van der Waals surface area contributed by atoms with Gasteiger partial charge in [-0.15, -0.1) is 0 Å². The van der Waals surface area contributed by atoms with Gasteiger partial charge in [0.15, 0.2) is 0 Å². The van der Waals surface area contributed by atoms with Gasteiger partial charge in [-0.2, -0.15) is 0 Å². The van der Waals surface area contributed by atoms with Gasteiger partial charge >= 0.3 is 0 Å². The van der Waals surface area contributed by atoms with Crippen LogP contribution in [0.5, 0.6) is 0 Å². The lowest BCUT2D eigenvalue weighted by molar-refractivity contribution is -0.134. The minimum atomic E-state index is -0.0166. The SMILES string of the molecule is CCCCCCCCC(C)(C)CCCC(=O)O[SiH3]. The fourth-order valence-corrected chi connectivity index (χ4v) is 2.53. The van der Waals surface area contributed by atoms with E-state index in [9.17, 15) is 4.79 Å². The highest BCUT2D eigenvalue weighted by Gasteiger charge is 2.17. The molecule has 0 N–H and O–H groups in total. The third-order valence-electron chi connectivity index (χ3n) is 3.67. The second kappa shape index (κ2) is 10.6. The molecule has 0 aliphatic heterocycles. The maximum absolute atomic E-state index is 11.1. The van der Waals surface area contributed by atoms with Crippen molar-refractivity contribution in [2.75, 3.05) is 0 Å². The zero-order chi connectivity index (χ0) is 13.9. The second-order valence-corrected chi connectivity index (χ2v) is 6.52. The Labute approximate surface area is 116 Å². The van der Waals surface area contributed by atoms with E-state index in [1.165, 1.54) is 44.9 Å². The molecule has 0 saturated heterocycles. The molecule has 0 aromatic heterocycles. The lowest BCUT2D eigenvalue weighted by Gasteiger charge is -2.24. The number of carbonyl (C=O) groups is 1. The average molecular weight is 273 g/mol. The van der Waals surface area contributed by atoms with Crippen LogP contribution in [0, 0.1) is 5.41 Å². The van der Waals surface area contributed by atoms with Gasteiger partial charge in [-0.25, -0.2) is 0 Å². The van der Waals surface area contributed by atoms with Crippen molar-refractivity contribution in [2.24, 2.45) is 5.41 Å². The molecule has 0 bridgehead atoms. The molecule has 0 aliphatic carbocycles. The summed E-state index contributed by atoms with van der Waals surface area (Å²) in [6.45, 7) is 6.91. The molecule has 18 heavy (non-hydrogen) atoms. The highest BCUT2D eigenvalue weighted by Crippen LogP contribution is 2.30. The van der Waals surface area contributed by atoms with Crippen LogP contribution in [-0.2, 0) is 9.22 Å². The van der Waals surface area contributed by atoms with E-state index in [0.29, 0.717) is 22.3 Å². The monoisotopic (exact) mass is 272 g/mol. The van der Waals surface area contributed by atoms with E-state index in [1.54, 1.807) is 0 Å². The normalized spacial score (nSPS) is 11.7. The first-order valence-electron chi connectivity index (χ1n) is 7.58. The van der Waals surface area contributed by atoms with Gasteiger partial charge < -0.3 is 4.43 Å². The number of hydrogen-bond acceptors (Lipinski definition) is 2. The number of unbranched alkanes of at least 4 members (excludes halogenated alkanes) is 5. The van der Waals surface area contributed by atoms with Gasteiger partial charge in [0, 0.05) is 6.42 Å². The maximum Gasteiger partial charge on any atom is 0.291 e. The third-order valence-corrected chi connectivity index (χ3v) is 4.12. The van der Waals surface area contributed by atoms with Crippen LogP contribution in [0.2, 0.25) is 0 Å². The van der Waals surface area contributed by atoms with Crippen LogP contribution in [0.4, 0.5) is 0 Å². The Morgan fingerprint density at radius 1 is 1.00 bits per heavy atom. The van der Waals surface area contributed by atoms with E-state index in [1.807, 2.05) is 0 Å². The standard InChI is InChI=1S/C15H32O2Si/c1-4-5-6-7-8-9-12-15(2,3)13-10-11-14(16)17-18/h4-13H2,1-3,18H3. The Morgan fingerprint density at radius 2 is 1.56 bits per heavy atom. The van der Waals surface area contributed by atoms with Crippen LogP contribution in [0.3, 0.4) is 0 Å². The van der Waals surface area contributed by atoms with Crippen molar-refractivity contribution in [1.82, 2.24) is 0 Å². The van der Waals surface area contributed by atoms with E-state index in [2.05, 4.69) is 20.8 Å². The van der Waals surface area contributed by atoms with Gasteiger partial charge in [0.05, 0.1) is 0 Å². The Morgan fingerprint density at radius 3 is 2.17 bits per heavy atom. The zero-order valence-corrected chi connectivity index (χ0v) is 14.9. The van der Waals surface area contributed by atoms with Gasteiger partial charge in [0.1, 0.15) is 0 Å². The fraction of sp³-hybridized carbons (Fsp3) is 0.933. The Kier molecular flexibility index (Phi) is 10.4. The lowest BCUT2D eigenvalue weighted by atomic mass is 9.82. The van der Waals surface area contributed by atoms with Gasteiger partial charge in [0.2, 0.25) is 10.5 Å². The summed E-state index contributed by atoms with van der Waals surface area (Å²) in [4.78, 5) is 11.1. The van der Waals surface area contributed by atoms with Crippen LogP contribution in [0.25, 0.3) is 0 Å². The molecule has 0 amide bonds. The van der Waals surface area contributed by atoms with Gasteiger partial charge in [-0.05, 0) is 24.7 Å². The highest BCUT2D eigenvalue weighted by atomic mass is 28.2. The van der Waals surface area contributed by atoms with Crippen molar-refractivity contribution in [3.63, 3.8) is 0 Å². The summed E-state index contributed by atoms with van der Waals surface area (Å²) < 4.78 is 4.80. The fourth-order valence-electron chi connectivity index (χ4n) is 2.32. The summed E-state index contributed by atoms with van der Waals surface area (Å²) in [5.74, 6) is -0.0166. The minimum absolute atomic E-state index is 0.0166. The minimum Gasteiger partial charge on any atom is -0.529 e. The molecular weight excluding hydrogens is 240 g/mol. The molecule has 0 spiro atoms. The van der Waals surface area contributed by atoms with Gasteiger partial charge in [0.25, 0.3) is 5.97 Å².